The predicted octanol–water partition coefficient (Wildman–Crippen LogP) is 4.84. The first-order valence-corrected chi connectivity index (χ1v) is 12.1. The molecular formula is C22H19F5N4O4S. The van der Waals surface area contributed by atoms with Gasteiger partial charge in [-0.1, -0.05) is 0 Å². The van der Waals surface area contributed by atoms with Gasteiger partial charge in [-0.25, -0.2) is 8.42 Å². The topological polar surface area (TPSA) is 117 Å². The summed E-state index contributed by atoms with van der Waals surface area (Å²) in [7, 11) is -4.55. The molecule has 2 aromatic heterocycles. The second-order valence-electron chi connectivity index (χ2n) is 8.27. The Balaban J connectivity index is 1.83. The SMILES string of the molecule is C[C@H](NS(=O)(=O)c1ccc(-c2c(C#N)c3cc(O)c(OC(F)F)cc3n2C2CCC2)nc1)C(F)(F)F. The molecule has 0 radical (unpaired) electrons. The Bertz CT molecular complexity index is 1440. The van der Waals surface area contributed by atoms with Crippen molar-refractivity contribution < 1.29 is 40.2 Å². The van der Waals surface area contributed by atoms with Crippen LogP contribution in [0.3, 0.4) is 0 Å². The summed E-state index contributed by atoms with van der Waals surface area (Å²) in [6.07, 6.45) is -1.63. The number of pyridine rings is 1. The zero-order valence-corrected chi connectivity index (χ0v) is 19.4. The number of halogens is 5. The first-order valence-electron chi connectivity index (χ1n) is 10.6. The fourth-order valence-corrected chi connectivity index (χ4v) is 5.13. The van der Waals surface area contributed by atoms with E-state index in [1.54, 1.807) is 4.57 Å². The summed E-state index contributed by atoms with van der Waals surface area (Å²) in [5.41, 5.74) is 0.779. The number of aromatic nitrogens is 2. The van der Waals surface area contributed by atoms with E-state index in [1.807, 2.05) is 6.07 Å². The number of nitriles is 1. The number of nitrogens with zero attached hydrogens (tertiary/aromatic N) is 3. The van der Waals surface area contributed by atoms with Gasteiger partial charge in [0.2, 0.25) is 10.0 Å². The second-order valence-corrected chi connectivity index (χ2v) is 9.98. The third kappa shape index (κ3) is 4.68. The monoisotopic (exact) mass is 530 g/mol. The van der Waals surface area contributed by atoms with E-state index >= 15 is 0 Å². The van der Waals surface area contributed by atoms with Crippen molar-refractivity contribution in [3.8, 4) is 29.0 Å². The highest BCUT2D eigenvalue weighted by Gasteiger charge is 2.39. The highest BCUT2D eigenvalue weighted by molar-refractivity contribution is 7.89. The van der Waals surface area contributed by atoms with Gasteiger partial charge in [0.15, 0.2) is 11.5 Å². The lowest BCUT2D eigenvalue weighted by Crippen LogP contribution is -2.42. The molecule has 14 heteroatoms. The molecule has 1 atom stereocenters. The summed E-state index contributed by atoms with van der Waals surface area (Å²) < 4.78 is 96.4. The molecule has 36 heavy (non-hydrogen) atoms. The van der Waals surface area contributed by atoms with Gasteiger partial charge in [0.25, 0.3) is 0 Å². The van der Waals surface area contributed by atoms with Crippen molar-refractivity contribution >= 4 is 20.9 Å². The first-order chi connectivity index (χ1) is 16.8. The standard InChI is InChI=1S/C22H19F5N4O4S/c1-11(22(25,26)27)30-36(33,34)13-5-6-16(29-10-13)20-15(9-28)14-7-18(32)19(35-21(23)24)8-17(14)31(20)12-3-2-4-12/h5-8,10-12,21,30,32H,2-4H2,1H3/t11-/m0/s1. The average Bonchev–Trinajstić information content (AvgIpc) is 3.04. The smallest absolute Gasteiger partial charge is 0.404 e. The lowest BCUT2D eigenvalue weighted by molar-refractivity contribution is -0.147. The van der Waals surface area contributed by atoms with Gasteiger partial charge < -0.3 is 14.4 Å². The number of hydrogen-bond donors (Lipinski definition) is 2. The highest BCUT2D eigenvalue weighted by Crippen LogP contribution is 2.45. The molecule has 8 nitrogen and oxygen atoms in total. The minimum atomic E-state index is -4.79. The van der Waals surface area contributed by atoms with Crippen LogP contribution in [0, 0.1) is 11.3 Å². The summed E-state index contributed by atoms with van der Waals surface area (Å²) in [6.45, 7) is -2.53. The fourth-order valence-electron chi connectivity index (χ4n) is 3.95. The van der Waals surface area contributed by atoms with Crippen molar-refractivity contribution in [2.24, 2.45) is 0 Å². The molecule has 192 valence electrons. The fraction of sp³-hybridized carbons (Fsp3) is 0.364. The number of sulfonamides is 1. The van der Waals surface area contributed by atoms with Gasteiger partial charge in [0.1, 0.15) is 17.0 Å². The quantitative estimate of drug-likeness (QED) is 0.423. The Labute approximate surface area is 202 Å². The van der Waals surface area contributed by atoms with Crippen molar-refractivity contribution in [2.75, 3.05) is 0 Å². The molecule has 1 fully saturated rings. The Morgan fingerprint density at radius 3 is 2.47 bits per heavy atom. The number of alkyl halides is 5. The van der Waals surface area contributed by atoms with Crippen LogP contribution in [-0.2, 0) is 10.0 Å². The molecule has 1 aliphatic carbocycles. The lowest BCUT2D eigenvalue weighted by atomic mass is 9.92. The molecule has 4 rings (SSSR count). The predicted molar refractivity (Wildman–Crippen MR) is 117 cm³/mol. The third-order valence-corrected chi connectivity index (χ3v) is 7.49. The molecule has 0 bridgehead atoms. The van der Waals surface area contributed by atoms with E-state index in [4.69, 9.17) is 0 Å². The molecule has 0 unspecified atom stereocenters. The molecule has 0 saturated heterocycles. The molecule has 0 spiro atoms. The number of fused-ring (bicyclic) bond motifs is 1. The molecular weight excluding hydrogens is 511 g/mol. The average molecular weight is 530 g/mol. The molecule has 2 N–H and O–H groups in total. The van der Waals surface area contributed by atoms with Crippen molar-refractivity contribution in [3.63, 3.8) is 0 Å². The summed E-state index contributed by atoms with van der Waals surface area (Å²) >= 11 is 0. The van der Waals surface area contributed by atoms with Crippen LogP contribution < -0.4 is 9.46 Å². The van der Waals surface area contributed by atoms with Crippen LogP contribution in [0.5, 0.6) is 11.5 Å². The maximum absolute atomic E-state index is 12.8. The largest absolute Gasteiger partial charge is 0.504 e. The summed E-state index contributed by atoms with van der Waals surface area (Å²) in [5, 5.41) is 20.3. The Hall–Kier alpha value is -3.44. The van der Waals surface area contributed by atoms with Crippen molar-refractivity contribution in [1.82, 2.24) is 14.3 Å². The van der Waals surface area contributed by atoms with E-state index < -0.39 is 45.2 Å². The van der Waals surface area contributed by atoms with E-state index in [0.717, 1.165) is 24.8 Å². The third-order valence-electron chi connectivity index (χ3n) is 5.96. The van der Waals surface area contributed by atoms with Gasteiger partial charge >= 0.3 is 12.8 Å². The Kier molecular flexibility index (Phi) is 6.56. The molecule has 0 aliphatic heterocycles. The first kappa shape index (κ1) is 25.6. The second kappa shape index (κ2) is 9.21. The zero-order valence-electron chi connectivity index (χ0n) is 18.6. The number of rotatable bonds is 7. The van der Waals surface area contributed by atoms with E-state index in [-0.39, 0.29) is 28.4 Å². The number of nitrogens with one attached hydrogen (secondary N) is 1. The van der Waals surface area contributed by atoms with Gasteiger partial charge in [-0.3, -0.25) is 4.98 Å². The van der Waals surface area contributed by atoms with Crippen molar-refractivity contribution in [2.45, 2.75) is 56.0 Å². The maximum Gasteiger partial charge on any atom is 0.404 e. The lowest BCUT2D eigenvalue weighted by Gasteiger charge is -2.30. The van der Waals surface area contributed by atoms with E-state index in [1.165, 1.54) is 16.9 Å². The van der Waals surface area contributed by atoms with Crippen molar-refractivity contribution in [1.29, 1.82) is 5.26 Å². The number of ether oxygens (including phenoxy) is 1. The van der Waals surface area contributed by atoms with Gasteiger partial charge in [-0.05, 0) is 44.4 Å². The van der Waals surface area contributed by atoms with Gasteiger partial charge in [0, 0.05) is 23.7 Å². The van der Waals surface area contributed by atoms with E-state index in [9.17, 15) is 40.7 Å². The minimum absolute atomic E-state index is 0.0581. The minimum Gasteiger partial charge on any atom is -0.504 e. The van der Waals surface area contributed by atoms with Crippen LogP contribution in [0.25, 0.3) is 22.3 Å². The van der Waals surface area contributed by atoms with Crippen LogP contribution in [0.2, 0.25) is 0 Å². The number of benzene rings is 1. The van der Waals surface area contributed by atoms with Crippen molar-refractivity contribution in [3.05, 3.63) is 36.0 Å². The summed E-state index contributed by atoms with van der Waals surface area (Å²) in [4.78, 5) is 3.58. The highest BCUT2D eigenvalue weighted by atomic mass is 32.2. The molecule has 2 heterocycles. The van der Waals surface area contributed by atoms with Gasteiger partial charge in [0.05, 0.1) is 22.5 Å². The number of phenols is 1. The summed E-state index contributed by atoms with van der Waals surface area (Å²) in [6, 6.07) is 4.18. The van der Waals surface area contributed by atoms with Gasteiger partial charge in [-0.2, -0.15) is 31.9 Å². The van der Waals surface area contributed by atoms with Crippen LogP contribution in [0.1, 0.15) is 37.8 Å². The maximum atomic E-state index is 12.8. The molecule has 1 aromatic carbocycles. The molecule has 1 aliphatic rings. The molecule has 3 aromatic rings. The van der Waals surface area contributed by atoms with Crippen LogP contribution >= 0.6 is 0 Å². The normalized spacial score (nSPS) is 15.6. The molecule has 0 amide bonds. The number of phenolic OH excluding ortho intramolecular Hbond substituents is 1. The zero-order chi connectivity index (χ0) is 26.4. The van der Waals surface area contributed by atoms with E-state index in [0.29, 0.717) is 25.3 Å². The summed E-state index contributed by atoms with van der Waals surface area (Å²) in [5.74, 6) is -1.08. The Morgan fingerprint density at radius 1 is 1.28 bits per heavy atom. The van der Waals surface area contributed by atoms with Crippen LogP contribution in [-0.4, -0.2) is 41.9 Å². The number of hydrogen-bond acceptors (Lipinski definition) is 6. The van der Waals surface area contributed by atoms with Gasteiger partial charge in [-0.15, -0.1) is 0 Å². The van der Waals surface area contributed by atoms with E-state index in [2.05, 4.69) is 9.72 Å². The Morgan fingerprint density at radius 2 is 1.97 bits per heavy atom. The van der Waals surface area contributed by atoms with Crippen LogP contribution in [0.15, 0.2) is 35.4 Å². The number of aromatic hydroxyl groups is 1. The van der Waals surface area contributed by atoms with Crippen LogP contribution in [0.4, 0.5) is 22.0 Å². The molecule has 1 saturated carbocycles.